The quantitative estimate of drug-likeness (QED) is 0.315. The van der Waals surface area contributed by atoms with Crippen molar-refractivity contribution in [3.05, 3.63) is 90.6 Å². The SMILES string of the molecule is CCc1ccc(Nc2c3c(=O)n(CC)c(=O)n(-c4cccc(NS(=O)(=O)CC)c4)c3c(C)c(=O)n2CC)c(F)c1. The van der Waals surface area contributed by atoms with E-state index in [1.54, 1.807) is 38.1 Å². The van der Waals surface area contributed by atoms with Gasteiger partial charge in [-0.3, -0.25) is 28.0 Å². The maximum Gasteiger partial charge on any atom is 0.336 e. The van der Waals surface area contributed by atoms with Gasteiger partial charge in [-0.05, 0) is 70.0 Å². The van der Waals surface area contributed by atoms with Gasteiger partial charge in [0.2, 0.25) is 10.0 Å². The highest BCUT2D eigenvalue weighted by atomic mass is 32.2. The van der Waals surface area contributed by atoms with Crippen molar-refractivity contribution in [1.82, 2.24) is 13.7 Å². The second kappa shape index (κ2) is 11.1. The topological polar surface area (TPSA) is 124 Å². The molecule has 0 amide bonds. The molecule has 12 heteroatoms. The first kappa shape index (κ1) is 28.8. The summed E-state index contributed by atoms with van der Waals surface area (Å²) in [4.78, 5) is 41.1. The summed E-state index contributed by atoms with van der Waals surface area (Å²) in [6, 6.07) is 10.8. The summed E-state index contributed by atoms with van der Waals surface area (Å²) in [6.45, 7) is 8.49. The number of anilines is 3. The first-order valence-corrected chi connectivity index (χ1v) is 14.7. The highest BCUT2D eigenvalue weighted by Crippen LogP contribution is 2.28. The van der Waals surface area contributed by atoms with E-state index in [4.69, 9.17) is 0 Å². The molecule has 4 aromatic rings. The lowest BCUT2D eigenvalue weighted by Gasteiger charge is -2.21. The Hall–Kier alpha value is -4.19. The third kappa shape index (κ3) is 5.06. The second-order valence-corrected chi connectivity index (χ2v) is 11.3. The van der Waals surface area contributed by atoms with Crippen molar-refractivity contribution in [3.63, 3.8) is 0 Å². The van der Waals surface area contributed by atoms with E-state index >= 15 is 4.39 Å². The number of benzene rings is 2. The van der Waals surface area contributed by atoms with E-state index in [0.717, 1.165) is 10.1 Å². The van der Waals surface area contributed by atoms with Crippen molar-refractivity contribution in [3.8, 4) is 5.69 Å². The number of nitrogens with one attached hydrogen (secondary N) is 2. The van der Waals surface area contributed by atoms with Crippen molar-refractivity contribution < 1.29 is 12.8 Å². The van der Waals surface area contributed by atoms with Gasteiger partial charge < -0.3 is 5.32 Å². The number of fused-ring (bicyclic) bond motifs is 1. The van der Waals surface area contributed by atoms with Gasteiger partial charge in [-0.2, -0.15) is 0 Å². The van der Waals surface area contributed by atoms with Gasteiger partial charge in [0.25, 0.3) is 11.1 Å². The maximum atomic E-state index is 15.1. The van der Waals surface area contributed by atoms with E-state index in [1.807, 2.05) is 6.92 Å². The molecule has 0 aliphatic heterocycles. The van der Waals surface area contributed by atoms with Crippen LogP contribution in [-0.2, 0) is 29.5 Å². The standard InChI is InChI=1S/C28H32FN5O5S/c1-6-18-13-14-22(21(29)15-18)30-25-23-24(17(5)26(35)32(25)7-2)34(28(37)33(8-3)27(23)36)20-12-10-11-19(16-20)31-40(38,39)9-4/h10-16,30-31H,6-9H2,1-5H3. The Morgan fingerprint density at radius 3 is 2.20 bits per heavy atom. The number of pyridine rings is 1. The van der Waals surface area contributed by atoms with Crippen molar-refractivity contribution in [2.24, 2.45) is 0 Å². The van der Waals surface area contributed by atoms with Crippen LogP contribution in [0.15, 0.2) is 56.8 Å². The molecule has 4 rings (SSSR count). The lowest BCUT2D eigenvalue weighted by Crippen LogP contribution is -2.41. The molecular weight excluding hydrogens is 537 g/mol. The molecule has 0 unspecified atom stereocenters. The van der Waals surface area contributed by atoms with E-state index in [1.165, 1.54) is 41.2 Å². The van der Waals surface area contributed by atoms with Crippen molar-refractivity contribution in [2.45, 2.75) is 54.1 Å². The molecule has 0 atom stereocenters. The van der Waals surface area contributed by atoms with E-state index < -0.39 is 32.6 Å². The summed E-state index contributed by atoms with van der Waals surface area (Å²) in [5.74, 6) is -0.648. The van der Waals surface area contributed by atoms with Crippen molar-refractivity contribution in [1.29, 1.82) is 0 Å². The molecule has 0 bridgehead atoms. The molecule has 0 aliphatic rings. The van der Waals surface area contributed by atoms with Crippen LogP contribution in [0.2, 0.25) is 0 Å². The Kier molecular flexibility index (Phi) is 8.01. The Morgan fingerprint density at radius 2 is 1.60 bits per heavy atom. The molecule has 2 aromatic heterocycles. The van der Waals surface area contributed by atoms with Gasteiger partial charge in [0, 0.05) is 18.7 Å². The molecule has 2 aromatic carbocycles. The molecule has 2 N–H and O–H groups in total. The van der Waals surface area contributed by atoms with Crippen LogP contribution in [0.25, 0.3) is 16.6 Å². The third-order valence-electron chi connectivity index (χ3n) is 6.85. The van der Waals surface area contributed by atoms with Crippen molar-refractivity contribution in [2.75, 3.05) is 15.8 Å². The number of hydrogen-bond donors (Lipinski definition) is 2. The predicted octanol–water partition coefficient (Wildman–Crippen LogP) is 3.87. The fourth-order valence-corrected chi connectivity index (χ4v) is 5.31. The highest BCUT2D eigenvalue weighted by Gasteiger charge is 2.24. The minimum absolute atomic E-state index is 0.0268. The Labute approximate surface area is 230 Å². The number of sulfonamides is 1. The number of aryl methyl sites for hydroxylation is 2. The first-order chi connectivity index (χ1) is 19.0. The Bertz CT molecular complexity index is 1910. The van der Waals surface area contributed by atoms with Crippen molar-refractivity contribution >= 4 is 38.1 Å². The normalized spacial score (nSPS) is 11.7. The minimum atomic E-state index is -3.61. The number of hydrogen-bond acceptors (Lipinski definition) is 6. The molecule has 10 nitrogen and oxygen atoms in total. The van der Waals surface area contributed by atoms with Crippen LogP contribution in [0.5, 0.6) is 0 Å². The molecule has 2 heterocycles. The van der Waals surface area contributed by atoms with Crippen LogP contribution >= 0.6 is 0 Å². The second-order valence-electron chi connectivity index (χ2n) is 9.26. The Balaban J connectivity index is 2.13. The van der Waals surface area contributed by atoms with Crippen LogP contribution in [0.4, 0.5) is 21.6 Å². The summed E-state index contributed by atoms with van der Waals surface area (Å²) >= 11 is 0. The van der Waals surface area contributed by atoms with Crippen LogP contribution in [0.1, 0.15) is 38.8 Å². The van der Waals surface area contributed by atoms with Gasteiger partial charge in [0.05, 0.1) is 28.3 Å². The van der Waals surface area contributed by atoms with E-state index in [2.05, 4.69) is 10.0 Å². The zero-order chi connectivity index (χ0) is 29.4. The molecule has 0 aliphatic carbocycles. The zero-order valence-corrected chi connectivity index (χ0v) is 23.9. The number of aromatic nitrogens is 3. The van der Waals surface area contributed by atoms with Crippen LogP contribution in [0.3, 0.4) is 0 Å². The fraction of sp³-hybridized carbons (Fsp3) is 0.321. The van der Waals surface area contributed by atoms with E-state index in [0.29, 0.717) is 6.42 Å². The monoisotopic (exact) mass is 569 g/mol. The first-order valence-electron chi connectivity index (χ1n) is 13.1. The largest absolute Gasteiger partial charge is 0.338 e. The van der Waals surface area contributed by atoms with Gasteiger partial charge in [-0.15, -0.1) is 0 Å². The zero-order valence-electron chi connectivity index (χ0n) is 23.0. The summed E-state index contributed by atoms with van der Waals surface area (Å²) < 4.78 is 45.5. The lowest BCUT2D eigenvalue weighted by atomic mass is 10.1. The highest BCUT2D eigenvalue weighted by molar-refractivity contribution is 7.92. The number of rotatable bonds is 9. The van der Waals surface area contributed by atoms with Gasteiger partial charge in [0.15, 0.2) is 0 Å². The van der Waals surface area contributed by atoms with Crippen LogP contribution in [-0.4, -0.2) is 27.9 Å². The molecule has 0 fully saturated rings. The molecule has 0 spiro atoms. The van der Waals surface area contributed by atoms with Gasteiger partial charge in [-0.1, -0.05) is 19.1 Å². The molecule has 0 saturated carbocycles. The molecule has 0 saturated heterocycles. The molecule has 0 radical (unpaired) electrons. The predicted molar refractivity (Wildman–Crippen MR) is 156 cm³/mol. The third-order valence-corrected chi connectivity index (χ3v) is 8.16. The van der Waals surface area contributed by atoms with Crippen LogP contribution < -0.4 is 26.8 Å². The molecule has 212 valence electrons. The lowest BCUT2D eigenvalue weighted by molar-refractivity contribution is 0.602. The smallest absolute Gasteiger partial charge is 0.336 e. The summed E-state index contributed by atoms with van der Waals surface area (Å²) in [7, 11) is -3.61. The van der Waals surface area contributed by atoms with E-state index in [9.17, 15) is 22.8 Å². The average molecular weight is 570 g/mol. The van der Waals surface area contributed by atoms with E-state index in [-0.39, 0.29) is 58.2 Å². The molecule has 40 heavy (non-hydrogen) atoms. The van der Waals surface area contributed by atoms with Gasteiger partial charge in [-0.25, -0.2) is 17.6 Å². The molecular formula is C28H32FN5O5S. The fourth-order valence-electron chi connectivity index (χ4n) is 4.68. The van der Waals surface area contributed by atoms with Gasteiger partial charge in [0.1, 0.15) is 17.0 Å². The minimum Gasteiger partial charge on any atom is -0.338 e. The number of halogens is 1. The van der Waals surface area contributed by atoms with Crippen LogP contribution in [0, 0.1) is 12.7 Å². The summed E-state index contributed by atoms with van der Waals surface area (Å²) in [5.41, 5.74) is -0.298. The maximum absolute atomic E-state index is 15.1. The van der Waals surface area contributed by atoms with Gasteiger partial charge >= 0.3 is 5.69 Å². The number of nitrogens with zero attached hydrogens (tertiary/aromatic N) is 3. The average Bonchev–Trinajstić information content (AvgIpc) is 2.92. The summed E-state index contributed by atoms with van der Waals surface area (Å²) in [5, 5.41) is 2.99. The summed E-state index contributed by atoms with van der Waals surface area (Å²) in [6.07, 6.45) is 0.630. The Morgan fingerprint density at radius 1 is 0.900 bits per heavy atom.